The van der Waals surface area contributed by atoms with Gasteiger partial charge in [0.1, 0.15) is 23.0 Å². The molecule has 0 amide bonds. The number of carbonyl (C=O) groups excluding carboxylic acids is 1. The Balaban J connectivity index is 1.32. The Bertz CT molecular complexity index is 1340. The molecule has 2 heterocycles. The first-order valence-corrected chi connectivity index (χ1v) is 14.2. The van der Waals surface area contributed by atoms with Crippen LogP contribution < -0.4 is 5.32 Å². The maximum absolute atomic E-state index is 12.6. The predicted molar refractivity (Wildman–Crippen MR) is 147 cm³/mol. The Labute approximate surface area is 238 Å². The molecule has 3 fully saturated rings. The smallest absolute Gasteiger partial charge is 0.338 e. The SMILES string of the molecule is CC(C)(C)OC(=O)c1ccc(C23CC(CN2)C(N2OC(C4CC4)=C(C(=O)O)C2c2c(Cl)cccc2Cl)C3)cc1. The van der Waals surface area contributed by atoms with Crippen LogP contribution in [-0.4, -0.2) is 40.3 Å². The maximum Gasteiger partial charge on any atom is 0.338 e. The molecule has 6 rings (SSSR count). The molecule has 2 aliphatic heterocycles. The van der Waals surface area contributed by atoms with Gasteiger partial charge in [-0.15, -0.1) is 5.06 Å². The number of nitrogens with one attached hydrogen (secondary N) is 1. The van der Waals surface area contributed by atoms with Crippen LogP contribution in [0, 0.1) is 11.8 Å². The first kappa shape index (κ1) is 26.6. The highest BCUT2D eigenvalue weighted by molar-refractivity contribution is 6.36. The van der Waals surface area contributed by atoms with Crippen molar-refractivity contribution in [3.05, 3.63) is 80.5 Å². The normalized spacial score (nSPS) is 28.6. The summed E-state index contributed by atoms with van der Waals surface area (Å²) in [6.07, 6.45) is 3.40. The van der Waals surface area contributed by atoms with E-state index in [0.29, 0.717) is 33.4 Å². The molecule has 4 atom stereocenters. The van der Waals surface area contributed by atoms with E-state index in [1.807, 2.05) is 50.1 Å². The Morgan fingerprint density at radius 3 is 2.33 bits per heavy atom. The lowest BCUT2D eigenvalue weighted by Crippen LogP contribution is -2.48. The molecule has 2 aromatic rings. The summed E-state index contributed by atoms with van der Waals surface area (Å²) in [5.41, 5.74) is 1.52. The van der Waals surface area contributed by atoms with Gasteiger partial charge in [-0.3, -0.25) is 0 Å². The van der Waals surface area contributed by atoms with Gasteiger partial charge in [-0.2, -0.15) is 0 Å². The summed E-state index contributed by atoms with van der Waals surface area (Å²) in [6.45, 7) is 6.31. The topological polar surface area (TPSA) is 88.1 Å². The first-order chi connectivity index (χ1) is 18.5. The van der Waals surface area contributed by atoms with Crippen molar-refractivity contribution in [2.75, 3.05) is 6.54 Å². The number of nitrogens with zero attached hydrogens (tertiary/aromatic N) is 1. The summed E-state index contributed by atoms with van der Waals surface area (Å²) in [4.78, 5) is 31.6. The lowest BCUT2D eigenvalue weighted by Gasteiger charge is -2.38. The standard InChI is InChI=1S/C30H32Cl2N2O5/c1-29(2,3)38-28(37)17-9-11-19(12-10-17)30-13-18(15-33-30)22(14-30)34-25(23-20(31)5-4-6-21(23)32)24(27(35)36)26(39-34)16-7-8-16/h4-6,9-12,16,18,22,25,33H,7-8,13-15H2,1-3H3,(H,35,36). The lowest BCUT2D eigenvalue weighted by molar-refractivity contribution is -0.167. The van der Waals surface area contributed by atoms with Gasteiger partial charge in [0.15, 0.2) is 0 Å². The summed E-state index contributed by atoms with van der Waals surface area (Å²) >= 11 is 13.3. The van der Waals surface area contributed by atoms with Gasteiger partial charge in [-0.1, -0.05) is 41.4 Å². The third-order valence-corrected chi connectivity index (χ3v) is 8.92. The van der Waals surface area contributed by atoms with Crippen LogP contribution >= 0.6 is 23.2 Å². The van der Waals surface area contributed by atoms with Gasteiger partial charge in [0.05, 0.1) is 11.6 Å². The van der Waals surface area contributed by atoms with Crippen molar-refractivity contribution in [2.24, 2.45) is 11.8 Å². The fraction of sp³-hybridized carbons (Fsp3) is 0.467. The maximum atomic E-state index is 12.6. The minimum absolute atomic E-state index is 0.0558. The highest BCUT2D eigenvalue weighted by Gasteiger charge is 2.58. The molecule has 7 nitrogen and oxygen atoms in total. The van der Waals surface area contributed by atoms with E-state index in [2.05, 4.69) is 5.32 Å². The summed E-state index contributed by atoms with van der Waals surface area (Å²) in [5.74, 6) is -0.481. The van der Waals surface area contributed by atoms with Crippen LogP contribution in [0.1, 0.15) is 74.0 Å². The van der Waals surface area contributed by atoms with Gasteiger partial charge in [0.25, 0.3) is 0 Å². The fourth-order valence-electron chi connectivity index (χ4n) is 6.41. The van der Waals surface area contributed by atoms with E-state index >= 15 is 0 Å². The van der Waals surface area contributed by atoms with Crippen molar-refractivity contribution in [1.29, 1.82) is 0 Å². The monoisotopic (exact) mass is 570 g/mol. The zero-order chi connectivity index (χ0) is 27.7. The molecule has 2 bridgehead atoms. The quantitative estimate of drug-likeness (QED) is 0.396. The van der Waals surface area contributed by atoms with Gasteiger partial charge in [-0.25, -0.2) is 9.59 Å². The van der Waals surface area contributed by atoms with Crippen LogP contribution in [0.15, 0.2) is 53.8 Å². The molecule has 4 unspecified atom stereocenters. The molecule has 0 radical (unpaired) electrons. The van der Waals surface area contributed by atoms with Gasteiger partial charge in [0, 0.05) is 33.6 Å². The van der Waals surface area contributed by atoms with Crippen LogP contribution in [0.5, 0.6) is 0 Å². The van der Waals surface area contributed by atoms with Crippen LogP contribution in [0.25, 0.3) is 0 Å². The molecule has 206 valence electrons. The van der Waals surface area contributed by atoms with Gasteiger partial charge < -0.3 is 20.0 Å². The molecule has 1 saturated heterocycles. The van der Waals surface area contributed by atoms with Crippen LogP contribution in [-0.2, 0) is 19.9 Å². The van der Waals surface area contributed by atoms with Crippen molar-refractivity contribution in [2.45, 2.75) is 69.7 Å². The zero-order valence-corrected chi connectivity index (χ0v) is 23.7. The number of carboxylic acid groups (broad SMARTS) is 1. The molecule has 9 heteroatoms. The van der Waals surface area contributed by atoms with E-state index in [9.17, 15) is 14.7 Å². The number of aliphatic carboxylic acids is 1. The van der Waals surface area contributed by atoms with Gasteiger partial charge >= 0.3 is 11.9 Å². The van der Waals surface area contributed by atoms with E-state index in [4.69, 9.17) is 32.8 Å². The number of allylic oxidation sites excluding steroid dienone is 1. The molecule has 2 aliphatic carbocycles. The Morgan fingerprint density at radius 2 is 1.74 bits per heavy atom. The van der Waals surface area contributed by atoms with Crippen molar-refractivity contribution in [1.82, 2.24) is 10.4 Å². The number of halogens is 2. The number of piperidine rings is 1. The third kappa shape index (κ3) is 4.73. The third-order valence-electron chi connectivity index (χ3n) is 8.26. The molecule has 0 spiro atoms. The van der Waals surface area contributed by atoms with Crippen molar-refractivity contribution in [3.63, 3.8) is 0 Å². The van der Waals surface area contributed by atoms with Crippen LogP contribution in [0.3, 0.4) is 0 Å². The second-order valence-corrected chi connectivity index (χ2v) is 12.9. The average molecular weight is 572 g/mol. The second-order valence-electron chi connectivity index (χ2n) is 12.1. The lowest BCUT2D eigenvalue weighted by atomic mass is 9.87. The number of hydroxylamine groups is 2. The predicted octanol–water partition coefficient (Wildman–Crippen LogP) is 6.26. The van der Waals surface area contributed by atoms with E-state index in [1.165, 1.54) is 0 Å². The van der Waals surface area contributed by atoms with E-state index < -0.39 is 17.6 Å². The fourth-order valence-corrected chi connectivity index (χ4v) is 7.01. The number of fused-ring (bicyclic) bond motifs is 2. The number of carboxylic acids is 1. The zero-order valence-electron chi connectivity index (χ0n) is 22.2. The number of hydrogen-bond donors (Lipinski definition) is 2. The largest absolute Gasteiger partial charge is 0.478 e. The van der Waals surface area contributed by atoms with Gasteiger partial charge in [0.2, 0.25) is 0 Å². The molecule has 0 aromatic heterocycles. The molecule has 2 saturated carbocycles. The second kappa shape index (κ2) is 9.51. The molecule has 2 aromatic carbocycles. The Morgan fingerprint density at radius 1 is 1.08 bits per heavy atom. The van der Waals surface area contributed by atoms with E-state index in [1.54, 1.807) is 18.2 Å². The molecule has 2 N–H and O–H groups in total. The minimum atomic E-state index is -1.01. The van der Waals surface area contributed by atoms with Crippen LogP contribution in [0.2, 0.25) is 10.0 Å². The van der Waals surface area contributed by atoms with E-state index in [-0.39, 0.29) is 35.0 Å². The Hall–Kier alpha value is -2.58. The highest BCUT2D eigenvalue weighted by atomic mass is 35.5. The number of esters is 1. The summed E-state index contributed by atoms with van der Waals surface area (Å²) < 4.78 is 5.52. The number of rotatable bonds is 6. The van der Waals surface area contributed by atoms with Crippen LogP contribution in [0.4, 0.5) is 0 Å². The van der Waals surface area contributed by atoms with Gasteiger partial charge in [-0.05, 0) is 82.2 Å². The summed E-state index contributed by atoms with van der Waals surface area (Å²) in [7, 11) is 0. The van der Waals surface area contributed by atoms with E-state index in [0.717, 1.165) is 31.4 Å². The minimum Gasteiger partial charge on any atom is -0.478 e. The number of hydrogen-bond acceptors (Lipinski definition) is 6. The highest BCUT2D eigenvalue weighted by Crippen LogP contribution is 2.56. The summed E-state index contributed by atoms with van der Waals surface area (Å²) in [6, 6.07) is 12.1. The number of benzene rings is 2. The Kier molecular flexibility index (Phi) is 6.50. The van der Waals surface area contributed by atoms with Crippen molar-refractivity contribution >= 4 is 35.1 Å². The molecule has 4 aliphatic rings. The molecule has 39 heavy (non-hydrogen) atoms. The molecular weight excluding hydrogens is 539 g/mol. The number of ether oxygens (including phenoxy) is 1. The number of carbonyl (C=O) groups is 2. The van der Waals surface area contributed by atoms with Crippen molar-refractivity contribution < 1.29 is 24.3 Å². The van der Waals surface area contributed by atoms with Crippen molar-refractivity contribution in [3.8, 4) is 0 Å². The summed E-state index contributed by atoms with van der Waals surface area (Å²) in [5, 5.41) is 16.8. The first-order valence-electron chi connectivity index (χ1n) is 13.4. The molecular formula is C30H32Cl2N2O5. The average Bonchev–Trinajstić information content (AvgIpc) is 3.36.